The molecule has 2 aliphatic carbocycles. The van der Waals surface area contributed by atoms with E-state index in [1.54, 1.807) is 43.8 Å². The summed E-state index contributed by atoms with van der Waals surface area (Å²) in [7, 11) is -2.02. The van der Waals surface area contributed by atoms with Gasteiger partial charge in [0.05, 0.1) is 0 Å². The van der Waals surface area contributed by atoms with E-state index in [2.05, 4.69) is 173 Å². The zero-order chi connectivity index (χ0) is 35.7. The average Bonchev–Trinajstić information content (AvgIpc) is 3.66. The van der Waals surface area contributed by atoms with Crippen LogP contribution < -0.4 is 0 Å². The third-order valence-corrected chi connectivity index (χ3v) is 20.1. The maximum absolute atomic E-state index is 2.64. The van der Waals surface area contributed by atoms with Crippen LogP contribution in [-0.2, 0) is 23.2 Å². The summed E-state index contributed by atoms with van der Waals surface area (Å²) in [4.78, 5) is 0. The van der Waals surface area contributed by atoms with E-state index in [-0.39, 0.29) is 0 Å². The first kappa shape index (κ1) is 34.5. The molecule has 0 saturated heterocycles. The molecule has 3 aliphatic rings. The van der Waals surface area contributed by atoms with Crippen molar-refractivity contribution in [2.24, 2.45) is 0 Å². The Bertz CT molecular complexity index is 2180. The Labute approximate surface area is 322 Å². The van der Waals surface area contributed by atoms with Crippen molar-refractivity contribution >= 4 is 30.6 Å². The number of hydrogen-bond acceptors (Lipinski definition) is 0. The second-order valence-corrected chi connectivity index (χ2v) is 22.5. The quantitative estimate of drug-likeness (QED) is 0.121. The molecule has 2 unspecified atom stereocenters. The summed E-state index contributed by atoms with van der Waals surface area (Å²) < 4.78 is 1.34. The molecule has 6 aromatic rings. The van der Waals surface area contributed by atoms with Crippen LogP contribution in [0.3, 0.4) is 0 Å². The van der Waals surface area contributed by atoms with E-state index in [1.807, 2.05) is 36.4 Å². The van der Waals surface area contributed by atoms with Gasteiger partial charge < -0.3 is 0 Å². The van der Waals surface area contributed by atoms with E-state index in [0.29, 0.717) is 7.25 Å². The first-order valence-corrected chi connectivity index (χ1v) is 24.3. The normalized spacial score (nSPS) is 18.0. The average molecular weight is 764 g/mol. The molecular formula is C50H44SiZr. The van der Waals surface area contributed by atoms with Gasteiger partial charge in [-0.1, -0.05) is 85.0 Å². The molecule has 2 heteroatoms. The predicted octanol–water partition coefficient (Wildman–Crippen LogP) is 13.7. The van der Waals surface area contributed by atoms with Crippen LogP contribution in [0, 0.1) is 0 Å². The molecule has 0 amide bonds. The number of rotatable bonds is 5. The van der Waals surface area contributed by atoms with Crippen LogP contribution in [-0.4, -0.2) is 8.07 Å². The van der Waals surface area contributed by atoms with Crippen molar-refractivity contribution in [3.05, 3.63) is 214 Å². The Hall–Kier alpha value is -4.62. The van der Waals surface area contributed by atoms with E-state index in [4.69, 9.17) is 0 Å². The van der Waals surface area contributed by atoms with Crippen LogP contribution >= 0.6 is 0 Å². The molecule has 2 atom stereocenters. The van der Waals surface area contributed by atoms with E-state index >= 15 is 0 Å². The third-order valence-electron chi connectivity index (χ3n) is 11.0. The Kier molecular flexibility index (Phi) is 9.80. The first-order valence-electron chi connectivity index (χ1n) is 18.4. The molecule has 6 aromatic carbocycles. The third kappa shape index (κ3) is 6.38. The molecule has 4 bridgehead atoms. The molecule has 252 valence electrons. The molecule has 0 aromatic heterocycles. The molecule has 0 fully saturated rings. The van der Waals surface area contributed by atoms with Gasteiger partial charge in [-0.25, -0.2) is 0 Å². The topological polar surface area (TPSA) is 0 Å². The zero-order valence-corrected chi connectivity index (χ0v) is 33.9. The summed E-state index contributed by atoms with van der Waals surface area (Å²) in [5, 5.41) is 3.46. The van der Waals surface area contributed by atoms with Crippen LogP contribution in [0.5, 0.6) is 0 Å². The van der Waals surface area contributed by atoms with Gasteiger partial charge in [-0.2, -0.15) is 0 Å². The van der Waals surface area contributed by atoms with Crippen LogP contribution in [0.1, 0.15) is 54.5 Å². The van der Waals surface area contributed by atoms with Crippen LogP contribution in [0.2, 0.25) is 13.1 Å². The van der Waals surface area contributed by atoms with Gasteiger partial charge in [0.1, 0.15) is 0 Å². The second kappa shape index (κ2) is 14.8. The van der Waals surface area contributed by atoms with Crippen LogP contribution in [0.15, 0.2) is 181 Å². The van der Waals surface area contributed by atoms with Crippen molar-refractivity contribution in [1.29, 1.82) is 0 Å². The molecule has 0 radical (unpaired) electrons. The van der Waals surface area contributed by atoms with Crippen molar-refractivity contribution < 1.29 is 23.2 Å². The van der Waals surface area contributed by atoms with Crippen LogP contribution in [0.4, 0.5) is 0 Å². The number of allylic oxidation sites excluding steroid dienone is 4. The summed E-state index contributed by atoms with van der Waals surface area (Å²) in [6, 6.07) is 57.1. The van der Waals surface area contributed by atoms with Crippen molar-refractivity contribution in [3.8, 4) is 22.3 Å². The molecule has 1 heterocycles. The molecule has 0 nitrogen and oxygen atoms in total. The monoisotopic (exact) mass is 762 g/mol. The van der Waals surface area contributed by atoms with Crippen LogP contribution in [0.25, 0.3) is 44.8 Å². The first-order chi connectivity index (χ1) is 25.4. The summed E-state index contributed by atoms with van der Waals surface area (Å²) in [5.41, 5.74) is 17.9. The predicted molar refractivity (Wildman–Crippen MR) is 223 cm³/mol. The molecule has 0 spiro atoms. The summed E-state index contributed by atoms with van der Waals surface area (Å²) in [6.07, 6.45) is 8.31. The van der Waals surface area contributed by atoms with Gasteiger partial charge in [0.15, 0.2) is 0 Å². The zero-order valence-electron chi connectivity index (χ0n) is 30.5. The number of hydrogen-bond donors (Lipinski definition) is 0. The number of benzene rings is 6. The fraction of sp³-hybridized carbons (Fsp3) is 0.120. The molecule has 52 heavy (non-hydrogen) atoms. The van der Waals surface area contributed by atoms with E-state index in [0.717, 1.165) is 0 Å². The Morgan fingerprint density at radius 2 is 0.808 bits per heavy atom. The van der Waals surface area contributed by atoms with Crippen molar-refractivity contribution in [2.75, 3.05) is 0 Å². The summed E-state index contributed by atoms with van der Waals surface area (Å²) in [6.45, 7) is 10.3. The molecule has 9 rings (SSSR count). The van der Waals surface area contributed by atoms with Crippen molar-refractivity contribution in [2.45, 2.75) is 34.2 Å². The van der Waals surface area contributed by atoms with Gasteiger partial charge in [0.25, 0.3) is 0 Å². The minimum absolute atomic E-state index is 0.668. The molecule has 1 aliphatic heterocycles. The Morgan fingerprint density at radius 3 is 1.19 bits per heavy atom. The SMILES string of the molecule is C(C=Cc1ccccc1)=Cc1ccccc1.CC1=C2c3c(-c4ccccc4)cccc3[CH]1[Zr][CH]1C(C)=C(c3c(-c4ccccc4)cccc31)[Si]2(C)C. The van der Waals surface area contributed by atoms with Gasteiger partial charge in [-0.15, -0.1) is 0 Å². The Balaban J connectivity index is 0.000000203. The summed E-state index contributed by atoms with van der Waals surface area (Å²) >= 11 is -0.854. The van der Waals surface area contributed by atoms with Gasteiger partial charge in [0, 0.05) is 0 Å². The fourth-order valence-corrected chi connectivity index (χ4v) is 18.7. The minimum atomic E-state index is -2.02. The standard InChI is InChI=1S/C34H30Si.C16H14.Zr/c1-23-21-27-17-11-19-29(25-13-7-5-8-14-25)31(27)33(23)35(3,4)34-24(2)22-28-18-12-20-30(32(28)34)26-15-9-6-10-16-26;1-3-9-15(10-4-1)13-7-8-14-16-11-5-2-6-12-16;/h5-22H,1-4H3;1-14H;. The van der Waals surface area contributed by atoms with Gasteiger partial charge >= 0.3 is 229 Å². The Morgan fingerprint density at radius 1 is 0.442 bits per heavy atom. The number of fused-ring (bicyclic) bond motifs is 8. The van der Waals surface area contributed by atoms with E-state index in [9.17, 15) is 0 Å². The molecule has 0 N–H and O–H groups in total. The van der Waals surface area contributed by atoms with Gasteiger partial charge in [-0.3, -0.25) is 0 Å². The van der Waals surface area contributed by atoms with E-state index < -0.39 is 31.3 Å². The fourth-order valence-electron chi connectivity index (χ4n) is 8.84. The maximum atomic E-state index is 2.64. The van der Waals surface area contributed by atoms with Crippen molar-refractivity contribution in [1.82, 2.24) is 0 Å². The molecular weight excluding hydrogens is 720 g/mol. The van der Waals surface area contributed by atoms with Gasteiger partial charge in [-0.05, 0) is 11.1 Å². The second-order valence-electron chi connectivity index (χ2n) is 14.6. The van der Waals surface area contributed by atoms with Gasteiger partial charge in [0.2, 0.25) is 0 Å². The van der Waals surface area contributed by atoms with Crippen molar-refractivity contribution in [3.63, 3.8) is 0 Å². The van der Waals surface area contributed by atoms with E-state index in [1.165, 1.54) is 33.4 Å². The summed E-state index contributed by atoms with van der Waals surface area (Å²) in [5.74, 6) is 0. The molecule has 0 saturated carbocycles.